The van der Waals surface area contributed by atoms with Gasteiger partial charge in [0.15, 0.2) is 0 Å². The van der Waals surface area contributed by atoms with E-state index < -0.39 is 28.7 Å². The van der Waals surface area contributed by atoms with E-state index in [-0.39, 0.29) is 43.8 Å². The molecule has 1 fully saturated rings. The van der Waals surface area contributed by atoms with Crippen LogP contribution in [0.2, 0.25) is 0 Å². The monoisotopic (exact) mass is 484 g/mol. The van der Waals surface area contributed by atoms with E-state index in [1.807, 2.05) is 65.0 Å². The van der Waals surface area contributed by atoms with Gasteiger partial charge in [-0.15, -0.1) is 0 Å². The summed E-state index contributed by atoms with van der Waals surface area (Å²) in [6.45, 7) is 11.6. The molecule has 0 bridgehead atoms. The Morgan fingerprint density at radius 2 is 1.80 bits per heavy atom. The van der Waals surface area contributed by atoms with Crippen LogP contribution in [0, 0.1) is 5.41 Å². The third-order valence-corrected chi connectivity index (χ3v) is 6.43. The summed E-state index contributed by atoms with van der Waals surface area (Å²) in [7, 11) is 0. The van der Waals surface area contributed by atoms with Gasteiger partial charge in [-0.05, 0) is 39.7 Å². The SMILES string of the molecule is CCOC(=O)c1cn(CC2(O)CCN(C(=O)OC(C)(C)C)CC2(C)C)c(=O)cc1-c1ccccc1. The summed E-state index contributed by atoms with van der Waals surface area (Å²) in [4.78, 5) is 40.1. The first kappa shape index (κ1) is 26.5. The molecule has 8 nitrogen and oxygen atoms in total. The Balaban J connectivity index is 1.93. The van der Waals surface area contributed by atoms with Crippen LogP contribution in [-0.4, -0.2) is 57.5 Å². The molecule has 1 aliphatic rings. The first-order valence-electron chi connectivity index (χ1n) is 11.9. The summed E-state index contributed by atoms with van der Waals surface area (Å²) >= 11 is 0. The first-order chi connectivity index (χ1) is 16.3. The largest absolute Gasteiger partial charge is 0.462 e. The third kappa shape index (κ3) is 5.93. The van der Waals surface area contributed by atoms with Gasteiger partial charge in [-0.3, -0.25) is 4.79 Å². The molecule has 0 aliphatic carbocycles. The Morgan fingerprint density at radius 1 is 1.14 bits per heavy atom. The molecule has 1 N–H and O–H groups in total. The van der Waals surface area contributed by atoms with Gasteiger partial charge in [0.25, 0.3) is 5.56 Å². The number of amides is 1. The second-order valence-corrected chi connectivity index (χ2v) is 10.7. The van der Waals surface area contributed by atoms with Crippen LogP contribution < -0.4 is 5.56 Å². The van der Waals surface area contributed by atoms with Crippen LogP contribution in [0.1, 0.15) is 58.3 Å². The second-order valence-electron chi connectivity index (χ2n) is 10.7. The number of carbonyl (C=O) groups is 2. The number of aliphatic hydroxyl groups is 1. The zero-order valence-electron chi connectivity index (χ0n) is 21.5. The number of likely N-dealkylation sites (tertiary alicyclic amines) is 1. The van der Waals surface area contributed by atoms with E-state index in [1.54, 1.807) is 11.8 Å². The smallest absolute Gasteiger partial charge is 0.410 e. The minimum Gasteiger partial charge on any atom is -0.462 e. The van der Waals surface area contributed by atoms with Gasteiger partial charge in [-0.1, -0.05) is 44.2 Å². The highest BCUT2D eigenvalue weighted by Crippen LogP contribution is 2.40. The lowest BCUT2D eigenvalue weighted by Gasteiger charge is -2.50. The Kier molecular flexibility index (Phi) is 7.45. The first-order valence-corrected chi connectivity index (χ1v) is 11.9. The van der Waals surface area contributed by atoms with Crippen LogP contribution in [0.5, 0.6) is 0 Å². The van der Waals surface area contributed by atoms with Crippen molar-refractivity contribution < 1.29 is 24.2 Å². The van der Waals surface area contributed by atoms with E-state index >= 15 is 0 Å². The van der Waals surface area contributed by atoms with E-state index in [0.29, 0.717) is 5.56 Å². The van der Waals surface area contributed by atoms with Crippen LogP contribution in [-0.2, 0) is 16.0 Å². The van der Waals surface area contributed by atoms with Crippen LogP contribution >= 0.6 is 0 Å². The number of aromatic nitrogens is 1. The van der Waals surface area contributed by atoms with E-state index in [0.717, 1.165) is 5.56 Å². The molecular formula is C27H36N2O6. The predicted octanol–water partition coefficient (Wildman–Crippen LogP) is 4.09. The molecule has 0 spiro atoms. The van der Waals surface area contributed by atoms with E-state index in [4.69, 9.17) is 9.47 Å². The number of esters is 1. The summed E-state index contributed by atoms with van der Waals surface area (Å²) in [5.41, 5.74) is -1.53. The van der Waals surface area contributed by atoms with Crippen molar-refractivity contribution in [1.29, 1.82) is 0 Å². The van der Waals surface area contributed by atoms with Gasteiger partial charge in [0.1, 0.15) is 5.60 Å². The van der Waals surface area contributed by atoms with Crippen molar-refractivity contribution in [1.82, 2.24) is 9.47 Å². The van der Waals surface area contributed by atoms with Gasteiger partial charge in [0.2, 0.25) is 0 Å². The summed E-state index contributed by atoms with van der Waals surface area (Å²) in [5.74, 6) is -0.536. The van der Waals surface area contributed by atoms with Crippen molar-refractivity contribution in [2.45, 2.75) is 65.7 Å². The van der Waals surface area contributed by atoms with Crippen molar-refractivity contribution in [2.75, 3.05) is 19.7 Å². The topological polar surface area (TPSA) is 98.1 Å². The summed E-state index contributed by atoms with van der Waals surface area (Å²) in [6.07, 6.45) is 1.29. The number of ether oxygens (including phenoxy) is 2. The summed E-state index contributed by atoms with van der Waals surface area (Å²) in [5, 5.41) is 11.7. The van der Waals surface area contributed by atoms with Gasteiger partial charge in [0, 0.05) is 36.3 Å². The van der Waals surface area contributed by atoms with Gasteiger partial charge < -0.3 is 24.0 Å². The molecule has 0 saturated carbocycles. The molecule has 1 amide bonds. The fraction of sp³-hybridized carbons (Fsp3) is 0.519. The lowest BCUT2D eigenvalue weighted by molar-refractivity contribution is -0.126. The van der Waals surface area contributed by atoms with Crippen molar-refractivity contribution in [3.8, 4) is 11.1 Å². The number of rotatable bonds is 5. The Morgan fingerprint density at radius 3 is 2.37 bits per heavy atom. The molecule has 1 unspecified atom stereocenters. The molecule has 0 radical (unpaired) electrons. The fourth-order valence-corrected chi connectivity index (χ4v) is 4.34. The lowest BCUT2D eigenvalue weighted by Crippen LogP contribution is -2.61. The van der Waals surface area contributed by atoms with Gasteiger partial charge in [-0.25, -0.2) is 9.59 Å². The third-order valence-electron chi connectivity index (χ3n) is 6.43. The average Bonchev–Trinajstić information content (AvgIpc) is 2.76. The molecule has 1 aromatic carbocycles. The minimum absolute atomic E-state index is 0.0253. The number of piperidine rings is 1. The van der Waals surface area contributed by atoms with Crippen molar-refractivity contribution in [3.05, 3.63) is 58.5 Å². The molecule has 1 aromatic heterocycles. The average molecular weight is 485 g/mol. The number of hydrogen-bond donors (Lipinski definition) is 1. The van der Waals surface area contributed by atoms with Gasteiger partial charge in [0.05, 0.1) is 24.3 Å². The molecule has 3 rings (SSSR count). The van der Waals surface area contributed by atoms with Crippen LogP contribution in [0.4, 0.5) is 4.79 Å². The molecule has 8 heteroatoms. The Hall–Kier alpha value is -3.13. The molecular weight excluding hydrogens is 448 g/mol. The molecule has 1 saturated heterocycles. The molecule has 1 aliphatic heterocycles. The predicted molar refractivity (Wildman–Crippen MR) is 133 cm³/mol. The van der Waals surface area contributed by atoms with Crippen molar-refractivity contribution in [3.63, 3.8) is 0 Å². The maximum atomic E-state index is 13.1. The molecule has 35 heavy (non-hydrogen) atoms. The van der Waals surface area contributed by atoms with Gasteiger partial charge in [-0.2, -0.15) is 0 Å². The highest BCUT2D eigenvalue weighted by atomic mass is 16.6. The number of nitrogens with zero attached hydrogens (tertiary/aromatic N) is 2. The zero-order chi connectivity index (χ0) is 26.0. The zero-order valence-corrected chi connectivity index (χ0v) is 21.5. The van der Waals surface area contributed by atoms with Crippen molar-refractivity contribution in [2.24, 2.45) is 5.41 Å². The van der Waals surface area contributed by atoms with Crippen LogP contribution in [0.15, 0.2) is 47.4 Å². The number of benzene rings is 1. The quantitative estimate of drug-likeness (QED) is 0.642. The highest BCUT2D eigenvalue weighted by Gasteiger charge is 2.49. The second kappa shape index (κ2) is 9.85. The molecule has 2 heterocycles. The molecule has 190 valence electrons. The Bertz CT molecular complexity index is 1130. The number of carbonyl (C=O) groups excluding carboxylic acids is 2. The normalized spacial score (nSPS) is 19.8. The van der Waals surface area contributed by atoms with Crippen LogP contribution in [0.3, 0.4) is 0 Å². The lowest BCUT2D eigenvalue weighted by atomic mass is 9.70. The minimum atomic E-state index is -1.30. The summed E-state index contributed by atoms with van der Waals surface area (Å²) in [6, 6.07) is 10.6. The molecule has 1 atom stereocenters. The Labute approximate surface area is 206 Å². The van der Waals surface area contributed by atoms with E-state index in [9.17, 15) is 19.5 Å². The van der Waals surface area contributed by atoms with E-state index in [1.165, 1.54) is 16.8 Å². The maximum absolute atomic E-state index is 13.1. The fourth-order valence-electron chi connectivity index (χ4n) is 4.34. The van der Waals surface area contributed by atoms with E-state index in [2.05, 4.69) is 0 Å². The number of pyridine rings is 1. The maximum Gasteiger partial charge on any atom is 0.410 e. The van der Waals surface area contributed by atoms with Crippen LogP contribution in [0.25, 0.3) is 11.1 Å². The van der Waals surface area contributed by atoms with Gasteiger partial charge >= 0.3 is 12.1 Å². The summed E-state index contributed by atoms with van der Waals surface area (Å²) < 4.78 is 12.1. The number of hydrogen-bond acceptors (Lipinski definition) is 6. The molecule has 2 aromatic rings. The standard InChI is InChI=1S/C27H36N2O6/c1-7-34-23(31)21-16-29(22(30)15-20(21)19-11-9-8-10-12-19)18-27(33)13-14-28(17-26(27,5)6)24(32)35-25(2,3)4/h8-12,15-16,33H,7,13-14,17-18H2,1-6H3. The van der Waals surface area contributed by atoms with Crippen molar-refractivity contribution >= 4 is 12.1 Å². The highest BCUT2D eigenvalue weighted by molar-refractivity contribution is 5.96.